The molecule has 3 heterocycles. The normalized spacial score (nSPS) is 22.4. The molecule has 0 saturated carbocycles. The van der Waals surface area contributed by atoms with Gasteiger partial charge in [-0.3, -0.25) is 0 Å². The van der Waals surface area contributed by atoms with E-state index in [9.17, 15) is 13.2 Å². The van der Waals surface area contributed by atoms with Gasteiger partial charge in [0.2, 0.25) is 0 Å². The maximum Gasteiger partial charge on any atom is 0.416 e. The second-order valence-electron chi connectivity index (χ2n) is 5.49. The molecule has 0 atom stereocenters. The van der Waals surface area contributed by atoms with Crippen LogP contribution in [-0.4, -0.2) is 31.2 Å². The molecule has 3 nitrogen and oxygen atoms in total. The van der Waals surface area contributed by atoms with Gasteiger partial charge in [0.05, 0.1) is 5.56 Å². The summed E-state index contributed by atoms with van der Waals surface area (Å²) in [5.74, 6) is 0.442. The van der Waals surface area contributed by atoms with Crippen LogP contribution >= 0.6 is 0 Å². The fourth-order valence-corrected chi connectivity index (χ4v) is 2.81. The van der Waals surface area contributed by atoms with Crippen LogP contribution < -0.4 is 10.2 Å². The molecule has 0 unspecified atom stereocenters. The van der Waals surface area contributed by atoms with Crippen molar-refractivity contribution in [2.24, 2.45) is 5.41 Å². The summed E-state index contributed by atoms with van der Waals surface area (Å²) >= 11 is 0. The average molecular weight is 271 g/mol. The Bertz CT molecular complexity index is 458. The van der Waals surface area contributed by atoms with E-state index in [2.05, 4.69) is 10.3 Å². The fraction of sp³-hybridized carbons (Fsp3) is 0.615. The Balaban J connectivity index is 1.73. The number of piperidine rings is 1. The number of aromatic nitrogens is 1. The SMILES string of the molecule is FC(F)(F)c1ccnc(N2CCC3(CC2)CNC3)c1. The Hall–Kier alpha value is -1.30. The number of hydrogen-bond acceptors (Lipinski definition) is 3. The van der Waals surface area contributed by atoms with Crippen molar-refractivity contribution in [3.05, 3.63) is 23.9 Å². The van der Waals surface area contributed by atoms with Crippen molar-refractivity contribution in [3.8, 4) is 0 Å². The number of nitrogens with one attached hydrogen (secondary N) is 1. The first kappa shape index (κ1) is 12.7. The molecule has 3 rings (SSSR count). The zero-order valence-corrected chi connectivity index (χ0v) is 10.5. The van der Waals surface area contributed by atoms with E-state index in [-0.39, 0.29) is 0 Å². The number of rotatable bonds is 1. The molecule has 2 fully saturated rings. The topological polar surface area (TPSA) is 28.2 Å². The third-order valence-electron chi connectivity index (χ3n) is 4.22. The van der Waals surface area contributed by atoms with Crippen LogP contribution in [0, 0.1) is 5.41 Å². The van der Waals surface area contributed by atoms with Crippen molar-refractivity contribution in [3.63, 3.8) is 0 Å². The van der Waals surface area contributed by atoms with Gasteiger partial charge in [-0.1, -0.05) is 0 Å². The molecule has 2 aliphatic rings. The summed E-state index contributed by atoms with van der Waals surface area (Å²) in [6, 6.07) is 2.17. The summed E-state index contributed by atoms with van der Waals surface area (Å²) < 4.78 is 38.0. The second kappa shape index (κ2) is 4.37. The summed E-state index contributed by atoms with van der Waals surface area (Å²) in [7, 11) is 0. The Morgan fingerprint density at radius 2 is 1.89 bits per heavy atom. The Morgan fingerprint density at radius 1 is 1.21 bits per heavy atom. The predicted octanol–water partition coefficient (Wildman–Crippen LogP) is 2.29. The first-order valence-corrected chi connectivity index (χ1v) is 6.48. The third kappa shape index (κ3) is 2.41. The number of alkyl halides is 3. The summed E-state index contributed by atoms with van der Waals surface area (Å²) in [6.45, 7) is 3.65. The molecule has 104 valence electrons. The minimum Gasteiger partial charge on any atom is -0.357 e. The van der Waals surface area contributed by atoms with Gasteiger partial charge >= 0.3 is 6.18 Å². The Kier molecular flexibility index (Phi) is 2.92. The van der Waals surface area contributed by atoms with Crippen LogP contribution in [0.1, 0.15) is 18.4 Å². The van der Waals surface area contributed by atoms with Gasteiger partial charge in [0.15, 0.2) is 0 Å². The van der Waals surface area contributed by atoms with Gasteiger partial charge in [-0.2, -0.15) is 13.2 Å². The van der Waals surface area contributed by atoms with Crippen LogP contribution in [0.2, 0.25) is 0 Å². The van der Waals surface area contributed by atoms with Crippen molar-refractivity contribution in [1.82, 2.24) is 10.3 Å². The molecule has 6 heteroatoms. The van der Waals surface area contributed by atoms with Gasteiger partial charge in [-0.05, 0) is 30.4 Å². The van der Waals surface area contributed by atoms with Crippen LogP contribution in [0.4, 0.5) is 19.0 Å². The molecule has 1 N–H and O–H groups in total. The van der Waals surface area contributed by atoms with Gasteiger partial charge in [0, 0.05) is 32.4 Å². The van der Waals surface area contributed by atoms with Crippen LogP contribution in [0.15, 0.2) is 18.3 Å². The van der Waals surface area contributed by atoms with Crippen LogP contribution in [0.3, 0.4) is 0 Å². The smallest absolute Gasteiger partial charge is 0.357 e. The van der Waals surface area contributed by atoms with Gasteiger partial charge in [0.25, 0.3) is 0 Å². The van der Waals surface area contributed by atoms with Crippen molar-refractivity contribution in [2.75, 3.05) is 31.1 Å². The highest BCUT2D eigenvalue weighted by Gasteiger charge is 2.40. The molecule has 0 aliphatic carbocycles. The van der Waals surface area contributed by atoms with Crippen LogP contribution in [0.5, 0.6) is 0 Å². The third-order valence-corrected chi connectivity index (χ3v) is 4.22. The monoisotopic (exact) mass is 271 g/mol. The van der Waals surface area contributed by atoms with E-state index in [0.29, 0.717) is 11.2 Å². The number of halogens is 3. The van der Waals surface area contributed by atoms with Crippen LogP contribution in [-0.2, 0) is 6.18 Å². The molecule has 0 radical (unpaired) electrons. The van der Waals surface area contributed by atoms with Gasteiger partial charge in [-0.25, -0.2) is 4.98 Å². The highest BCUT2D eigenvalue weighted by Crippen LogP contribution is 2.37. The number of hydrogen-bond donors (Lipinski definition) is 1. The molecule has 0 aromatic carbocycles. The molecule has 2 saturated heterocycles. The fourth-order valence-electron chi connectivity index (χ4n) is 2.81. The molecule has 1 aromatic heterocycles. The lowest BCUT2D eigenvalue weighted by molar-refractivity contribution is -0.137. The number of anilines is 1. The molecule has 1 spiro atoms. The second-order valence-corrected chi connectivity index (χ2v) is 5.49. The zero-order valence-electron chi connectivity index (χ0n) is 10.5. The van der Waals surface area contributed by atoms with Crippen molar-refractivity contribution in [1.29, 1.82) is 0 Å². The minimum atomic E-state index is -4.30. The quantitative estimate of drug-likeness (QED) is 0.849. The largest absolute Gasteiger partial charge is 0.416 e. The molecular formula is C13H16F3N3. The maximum absolute atomic E-state index is 12.7. The van der Waals surface area contributed by atoms with Gasteiger partial charge in [-0.15, -0.1) is 0 Å². The Morgan fingerprint density at radius 3 is 2.42 bits per heavy atom. The molecule has 0 amide bonds. The van der Waals surface area contributed by atoms with Crippen molar-refractivity contribution < 1.29 is 13.2 Å². The lowest BCUT2D eigenvalue weighted by Gasteiger charge is -2.48. The molecule has 19 heavy (non-hydrogen) atoms. The van der Waals surface area contributed by atoms with E-state index in [1.54, 1.807) is 0 Å². The van der Waals surface area contributed by atoms with E-state index in [1.807, 2.05) is 4.90 Å². The Labute approximate surface area is 109 Å². The van der Waals surface area contributed by atoms with Crippen molar-refractivity contribution >= 4 is 5.82 Å². The molecular weight excluding hydrogens is 255 g/mol. The minimum absolute atomic E-state index is 0.387. The van der Waals surface area contributed by atoms with E-state index < -0.39 is 11.7 Å². The van der Waals surface area contributed by atoms with Crippen molar-refractivity contribution in [2.45, 2.75) is 19.0 Å². The predicted molar refractivity (Wildman–Crippen MR) is 66.0 cm³/mol. The first-order valence-electron chi connectivity index (χ1n) is 6.48. The summed E-state index contributed by atoms with van der Waals surface area (Å²) in [4.78, 5) is 6.04. The summed E-state index contributed by atoms with van der Waals surface area (Å²) in [5, 5.41) is 3.27. The summed E-state index contributed by atoms with van der Waals surface area (Å²) in [5.41, 5.74) is -0.235. The number of pyridine rings is 1. The average Bonchev–Trinajstić information content (AvgIpc) is 2.36. The zero-order chi connectivity index (χ0) is 13.5. The van der Waals surface area contributed by atoms with Gasteiger partial charge < -0.3 is 10.2 Å². The first-order chi connectivity index (χ1) is 8.99. The van der Waals surface area contributed by atoms with E-state index in [1.165, 1.54) is 6.20 Å². The lowest BCUT2D eigenvalue weighted by Crippen LogP contribution is -2.58. The van der Waals surface area contributed by atoms with Crippen LogP contribution in [0.25, 0.3) is 0 Å². The number of nitrogens with zero attached hydrogens (tertiary/aromatic N) is 2. The van der Waals surface area contributed by atoms with E-state index >= 15 is 0 Å². The maximum atomic E-state index is 12.7. The molecule has 0 bridgehead atoms. The highest BCUT2D eigenvalue weighted by molar-refractivity contribution is 5.42. The van der Waals surface area contributed by atoms with E-state index in [4.69, 9.17) is 0 Å². The summed E-state index contributed by atoms with van der Waals surface area (Å²) in [6.07, 6.45) is -1.00. The molecule has 1 aromatic rings. The van der Waals surface area contributed by atoms with E-state index in [0.717, 1.165) is 51.2 Å². The standard InChI is InChI=1S/C13H16F3N3/c14-13(15,16)10-1-4-18-11(7-10)19-5-2-12(3-6-19)8-17-9-12/h1,4,7,17H,2-3,5-6,8-9H2. The highest BCUT2D eigenvalue weighted by atomic mass is 19.4. The molecule has 2 aliphatic heterocycles. The lowest BCUT2D eigenvalue weighted by atomic mass is 9.73. The van der Waals surface area contributed by atoms with Gasteiger partial charge in [0.1, 0.15) is 5.82 Å².